The van der Waals surface area contributed by atoms with Crippen molar-refractivity contribution in [3.05, 3.63) is 0 Å². The van der Waals surface area contributed by atoms with Crippen molar-refractivity contribution in [3.8, 4) is 0 Å². The zero-order valence-electron chi connectivity index (χ0n) is 8.29. The van der Waals surface area contributed by atoms with Crippen molar-refractivity contribution >= 4 is 5.97 Å². The minimum absolute atomic E-state index is 0.152. The van der Waals surface area contributed by atoms with Gasteiger partial charge in [-0.15, -0.1) is 0 Å². The quantitative estimate of drug-likeness (QED) is 0.703. The maximum absolute atomic E-state index is 11.0. The average Bonchev–Trinajstić information content (AvgIpc) is 2.33. The van der Waals surface area contributed by atoms with E-state index in [1.807, 2.05) is 20.8 Å². The Morgan fingerprint density at radius 3 is 2.46 bits per heavy atom. The van der Waals surface area contributed by atoms with Gasteiger partial charge in [-0.2, -0.15) is 0 Å². The van der Waals surface area contributed by atoms with Crippen molar-refractivity contribution in [1.29, 1.82) is 0 Å². The Morgan fingerprint density at radius 1 is 1.54 bits per heavy atom. The molecule has 0 bridgehead atoms. The van der Waals surface area contributed by atoms with E-state index in [0.29, 0.717) is 13.0 Å². The van der Waals surface area contributed by atoms with E-state index >= 15 is 0 Å². The predicted octanol–water partition coefficient (Wildman–Crippen LogP) is 1.05. The third kappa shape index (κ3) is 2.42. The number of rotatable bonds is 2. The summed E-state index contributed by atoms with van der Waals surface area (Å²) in [4.78, 5) is 11.0. The molecule has 0 aromatic carbocycles. The molecule has 0 aromatic heterocycles. The van der Waals surface area contributed by atoms with E-state index in [1.54, 1.807) is 0 Å². The van der Waals surface area contributed by atoms with Crippen LogP contribution >= 0.6 is 0 Å². The summed E-state index contributed by atoms with van der Waals surface area (Å²) in [6, 6.07) is 0. The van der Waals surface area contributed by atoms with Gasteiger partial charge in [0.2, 0.25) is 0 Å². The maximum Gasteiger partial charge on any atom is 0.338 e. The molecule has 0 spiro atoms. The molecule has 1 fully saturated rings. The third-order valence-electron chi connectivity index (χ3n) is 1.88. The monoisotopic (exact) mass is 188 g/mol. The molecule has 76 valence electrons. The first-order valence-corrected chi connectivity index (χ1v) is 4.37. The number of carbonyl (C=O) groups is 1. The molecule has 0 saturated carbocycles. The van der Waals surface area contributed by atoms with E-state index < -0.39 is 17.2 Å². The van der Waals surface area contributed by atoms with Gasteiger partial charge in [0.1, 0.15) is 0 Å². The fraction of sp³-hybridized carbons (Fsp3) is 0.889. The topological polar surface area (TPSA) is 55.8 Å². The summed E-state index contributed by atoms with van der Waals surface area (Å²) < 4.78 is 10.6. The number of ether oxygens (including phenoxy) is 2. The molecular weight excluding hydrogens is 172 g/mol. The molecule has 1 atom stereocenters. The molecule has 0 aliphatic carbocycles. The minimum atomic E-state index is -1.13. The van der Waals surface area contributed by atoms with Crippen molar-refractivity contribution in [2.75, 3.05) is 13.2 Å². The smallest absolute Gasteiger partial charge is 0.338 e. The van der Waals surface area contributed by atoms with Crippen molar-refractivity contribution in [2.24, 2.45) is 0 Å². The SMILES string of the molecule is CC(C)(C)OC1(C(=O)O)CCOC1. The third-order valence-corrected chi connectivity index (χ3v) is 1.88. The van der Waals surface area contributed by atoms with Gasteiger partial charge in [0.15, 0.2) is 5.60 Å². The lowest BCUT2D eigenvalue weighted by molar-refractivity contribution is -0.184. The lowest BCUT2D eigenvalue weighted by Crippen LogP contribution is -2.47. The molecule has 1 N–H and O–H groups in total. The second kappa shape index (κ2) is 3.27. The van der Waals surface area contributed by atoms with Crippen LogP contribution < -0.4 is 0 Å². The number of hydrogen-bond donors (Lipinski definition) is 1. The lowest BCUT2D eigenvalue weighted by Gasteiger charge is -2.31. The number of hydrogen-bond acceptors (Lipinski definition) is 3. The molecule has 1 aliphatic rings. The molecule has 0 aromatic rings. The van der Waals surface area contributed by atoms with E-state index in [1.165, 1.54) is 0 Å². The van der Waals surface area contributed by atoms with Crippen LogP contribution in [0.25, 0.3) is 0 Å². The van der Waals surface area contributed by atoms with E-state index in [9.17, 15) is 4.79 Å². The van der Waals surface area contributed by atoms with Crippen LogP contribution in [0.2, 0.25) is 0 Å². The van der Waals surface area contributed by atoms with Gasteiger partial charge in [-0.1, -0.05) is 0 Å². The van der Waals surface area contributed by atoms with Crippen molar-refractivity contribution in [3.63, 3.8) is 0 Å². The summed E-state index contributed by atoms with van der Waals surface area (Å²) in [5.74, 6) is -0.931. The van der Waals surface area contributed by atoms with Gasteiger partial charge in [0.25, 0.3) is 0 Å². The molecule has 4 nitrogen and oxygen atoms in total. The Labute approximate surface area is 77.8 Å². The van der Waals surface area contributed by atoms with Gasteiger partial charge in [0.05, 0.1) is 18.8 Å². The molecule has 13 heavy (non-hydrogen) atoms. The highest BCUT2D eigenvalue weighted by molar-refractivity contribution is 5.78. The molecule has 1 aliphatic heterocycles. The summed E-state index contributed by atoms with van der Waals surface area (Å²) in [7, 11) is 0. The Bertz CT molecular complexity index is 198. The average molecular weight is 188 g/mol. The Balaban J connectivity index is 2.74. The fourth-order valence-corrected chi connectivity index (χ4v) is 1.43. The zero-order valence-corrected chi connectivity index (χ0v) is 8.29. The van der Waals surface area contributed by atoms with E-state index in [-0.39, 0.29) is 6.61 Å². The van der Waals surface area contributed by atoms with Gasteiger partial charge < -0.3 is 14.6 Å². The van der Waals surface area contributed by atoms with E-state index in [0.717, 1.165) is 0 Å². The van der Waals surface area contributed by atoms with Gasteiger partial charge in [-0.25, -0.2) is 4.79 Å². The van der Waals surface area contributed by atoms with Crippen molar-refractivity contribution < 1.29 is 19.4 Å². The lowest BCUT2D eigenvalue weighted by atomic mass is 10.0. The Morgan fingerprint density at radius 2 is 2.15 bits per heavy atom. The highest BCUT2D eigenvalue weighted by Crippen LogP contribution is 2.28. The normalized spacial score (nSPS) is 29.2. The van der Waals surface area contributed by atoms with Crippen LogP contribution in [0.1, 0.15) is 27.2 Å². The highest BCUT2D eigenvalue weighted by Gasteiger charge is 2.46. The zero-order chi connectivity index (χ0) is 10.1. The summed E-state index contributed by atoms with van der Waals surface area (Å²) in [5, 5.41) is 9.02. The van der Waals surface area contributed by atoms with Crippen LogP contribution in [0.15, 0.2) is 0 Å². The number of aliphatic carboxylic acids is 1. The van der Waals surface area contributed by atoms with Crippen molar-refractivity contribution in [1.82, 2.24) is 0 Å². The first-order chi connectivity index (χ1) is 5.86. The molecule has 1 rings (SSSR count). The second-order valence-corrected chi connectivity index (χ2v) is 4.32. The molecule has 1 unspecified atom stereocenters. The van der Waals surface area contributed by atoms with Gasteiger partial charge >= 0.3 is 5.97 Å². The van der Waals surface area contributed by atoms with Crippen LogP contribution in [0.4, 0.5) is 0 Å². The summed E-state index contributed by atoms with van der Waals surface area (Å²) in [6.07, 6.45) is 0.430. The molecule has 1 saturated heterocycles. The molecular formula is C9H16O4. The standard InChI is InChI=1S/C9H16O4/c1-8(2,3)13-9(7(10)11)4-5-12-6-9/h4-6H2,1-3H3,(H,10,11). The van der Waals surface area contributed by atoms with Crippen LogP contribution in [-0.2, 0) is 14.3 Å². The fourth-order valence-electron chi connectivity index (χ4n) is 1.43. The largest absolute Gasteiger partial charge is 0.479 e. The molecule has 1 heterocycles. The molecule has 4 heteroatoms. The molecule has 0 radical (unpaired) electrons. The summed E-state index contributed by atoms with van der Waals surface area (Å²) in [5.41, 5.74) is -1.58. The van der Waals surface area contributed by atoms with E-state index in [2.05, 4.69) is 0 Å². The Kier molecular flexibility index (Phi) is 2.63. The van der Waals surface area contributed by atoms with Crippen LogP contribution in [-0.4, -0.2) is 35.5 Å². The van der Waals surface area contributed by atoms with E-state index in [4.69, 9.17) is 14.6 Å². The highest BCUT2D eigenvalue weighted by atomic mass is 16.6. The van der Waals surface area contributed by atoms with Crippen LogP contribution in [0.3, 0.4) is 0 Å². The number of carboxylic acids is 1. The second-order valence-electron chi connectivity index (χ2n) is 4.32. The van der Waals surface area contributed by atoms with Gasteiger partial charge in [-0.3, -0.25) is 0 Å². The van der Waals surface area contributed by atoms with Gasteiger partial charge in [0, 0.05) is 6.42 Å². The molecule has 0 amide bonds. The van der Waals surface area contributed by atoms with Gasteiger partial charge in [-0.05, 0) is 20.8 Å². The first kappa shape index (κ1) is 10.5. The summed E-state index contributed by atoms with van der Waals surface area (Å²) in [6.45, 7) is 6.14. The van der Waals surface area contributed by atoms with Crippen LogP contribution in [0.5, 0.6) is 0 Å². The summed E-state index contributed by atoms with van der Waals surface area (Å²) >= 11 is 0. The van der Waals surface area contributed by atoms with Crippen LogP contribution in [0, 0.1) is 0 Å². The Hall–Kier alpha value is -0.610. The number of carboxylic acid groups (broad SMARTS) is 1. The van der Waals surface area contributed by atoms with Crippen molar-refractivity contribution in [2.45, 2.75) is 38.4 Å². The first-order valence-electron chi connectivity index (χ1n) is 4.37. The minimum Gasteiger partial charge on any atom is -0.479 e. The predicted molar refractivity (Wildman–Crippen MR) is 46.6 cm³/mol. The maximum atomic E-state index is 11.0.